The zero-order chi connectivity index (χ0) is 19.4. The number of halogens is 1. The number of nitrogens with zero attached hydrogens (tertiary/aromatic N) is 2. The standard InChI is InChI=1S/C19H19ClN4O3/c1-21-9-16(11-4-3-5-12(20)6-11)24-18-14-7-13(27-2)8-15(19(25)26)17(14)22-10-23-18/h3-8,10,16,21H,9H2,1-2H3,(H,25,26)(H,22,23,24). The second-order valence-corrected chi connectivity index (χ2v) is 6.34. The van der Waals surface area contributed by atoms with Crippen LogP contribution in [0.4, 0.5) is 5.82 Å². The van der Waals surface area contributed by atoms with Crippen LogP contribution in [0.5, 0.6) is 5.75 Å². The van der Waals surface area contributed by atoms with Gasteiger partial charge in [-0.3, -0.25) is 0 Å². The molecular weight excluding hydrogens is 368 g/mol. The van der Waals surface area contributed by atoms with Gasteiger partial charge in [-0.1, -0.05) is 23.7 Å². The van der Waals surface area contributed by atoms with Crippen molar-refractivity contribution in [2.75, 3.05) is 26.0 Å². The molecule has 1 heterocycles. The van der Waals surface area contributed by atoms with Crippen molar-refractivity contribution in [3.8, 4) is 5.75 Å². The van der Waals surface area contributed by atoms with Crippen molar-refractivity contribution in [1.82, 2.24) is 15.3 Å². The number of aromatic carboxylic acids is 1. The van der Waals surface area contributed by atoms with Gasteiger partial charge in [0.05, 0.1) is 24.2 Å². The molecule has 0 spiro atoms. The summed E-state index contributed by atoms with van der Waals surface area (Å²) in [5.41, 5.74) is 1.38. The van der Waals surface area contributed by atoms with Crippen LogP contribution in [0.1, 0.15) is 22.0 Å². The average molecular weight is 387 g/mol. The molecule has 2 aromatic carbocycles. The molecular formula is C19H19ClN4O3. The molecule has 7 nitrogen and oxygen atoms in total. The van der Waals surface area contributed by atoms with Crippen molar-refractivity contribution < 1.29 is 14.6 Å². The topological polar surface area (TPSA) is 96.4 Å². The summed E-state index contributed by atoms with van der Waals surface area (Å²) >= 11 is 6.13. The van der Waals surface area contributed by atoms with E-state index in [1.807, 2.05) is 31.3 Å². The normalized spacial score (nSPS) is 12.0. The minimum atomic E-state index is -1.08. The molecule has 0 aliphatic carbocycles. The summed E-state index contributed by atoms with van der Waals surface area (Å²) in [7, 11) is 3.34. The predicted molar refractivity (Wildman–Crippen MR) is 105 cm³/mol. The van der Waals surface area contributed by atoms with Crippen molar-refractivity contribution in [2.24, 2.45) is 0 Å². The van der Waals surface area contributed by atoms with Gasteiger partial charge in [0.1, 0.15) is 17.9 Å². The fraction of sp³-hybridized carbons (Fsp3) is 0.211. The van der Waals surface area contributed by atoms with Gasteiger partial charge in [0.2, 0.25) is 0 Å². The first-order chi connectivity index (χ1) is 13.0. The Kier molecular flexibility index (Phi) is 5.73. The quantitative estimate of drug-likeness (QED) is 0.572. The number of carbonyl (C=O) groups is 1. The molecule has 0 radical (unpaired) electrons. The number of aromatic nitrogens is 2. The number of anilines is 1. The van der Waals surface area contributed by atoms with Crippen molar-refractivity contribution in [3.63, 3.8) is 0 Å². The Morgan fingerprint density at radius 3 is 2.78 bits per heavy atom. The van der Waals surface area contributed by atoms with Crippen LogP contribution in [0.2, 0.25) is 5.02 Å². The molecule has 0 aliphatic heterocycles. The number of hydrogen-bond acceptors (Lipinski definition) is 6. The van der Waals surface area contributed by atoms with E-state index in [2.05, 4.69) is 20.6 Å². The smallest absolute Gasteiger partial charge is 0.338 e. The van der Waals surface area contributed by atoms with Gasteiger partial charge < -0.3 is 20.5 Å². The number of methoxy groups -OCH3 is 1. The van der Waals surface area contributed by atoms with E-state index in [-0.39, 0.29) is 11.6 Å². The van der Waals surface area contributed by atoms with Crippen LogP contribution in [0.3, 0.4) is 0 Å². The minimum absolute atomic E-state index is 0.0581. The highest BCUT2D eigenvalue weighted by molar-refractivity contribution is 6.30. The summed E-state index contributed by atoms with van der Waals surface area (Å²) < 4.78 is 5.24. The number of rotatable bonds is 7. The third kappa shape index (κ3) is 4.10. The zero-order valence-electron chi connectivity index (χ0n) is 14.9. The molecule has 0 saturated carbocycles. The molecule has 0 fully saturated rings. The second-order valence-electron chi connectivity index (χ2n) is 5.91. The highest BCUT2D eigenvalue weighted by Crippen LogP contribution is 2.30. The van der Waals surface area contributed by atoms with E-state index in [1.54, 1.807) is 6.07 Å². The van der Waals surface area contributed by atoms with Crippen LogP contribution in [-0.4, -0.2) is 41.7 Å². The Labute approximate surface area is 161 Å². The Morgan fingerprint density at radius 1 is 1.30 bits per heavy atom. The van der Waals surface area contributed by atoms with E-state index >= 15 is 0 Å². The maximum Gasteiger partial charge on any atom is 0.338 e. The van der Waals surface area contributed by atoms with Crippen molar-refractivity contribution in [2.45, 2.75) is 6.04 Å². The van der Waals surface area contributed by atoms with Crippen molar-refractivity contribution in [3.05, 3.63) is 58.9 Å². The van der Waals surface area contributed by atoms with Gasteiger partial charge in [-0.15, -0.1) is 0 Å². The highest BCUT2D eigenvalue weighted by atomic mass is 35.5. The summed E-state index contributed by atoms with van der Waals surface area (Å²) in [6.45, 7) is 0.613. The number of likely N-dealkylation sites (N-methyl/N-ethyl adjacent to an activating group) is 1. The van der Waals surface area contributed by atoms with E-state index < -0.39 is 5.97 Å². The van der Waals surface area contributed by atoms with Crippen molar-refractivity contribution in [1.29, 1.82) is 0 Å². The first-order valence-electron chi connectivity index (χ1n) is 8.26. The Morgan fingerprint density at radius 2 is 2.11 bits per heavy atom. The molecule has 0 amide bonds. The summed E-state index contributed by atoms with van der Waals surface area (Å²) in [5, 5.41) is 17.2. The maximum absolute atomic E-state index is 11.6. The largest absolute Gasteiger partial charge is 0.497 e. The second kappa shape index (κ2) is 8.20. The number of ether oxygens (including phenoxy) is 1. The lowest BCUT2D eigenvalue weighted by Crippen LogP contribution is -2.24. The van der Waals surface area contributed by atoms with Crippen LogP contribution in [0, 0.1) is 0 Å². The van der Waals surface area contributed by atoms with Crippen LogP contribution < -0.4 is 15.4 Å². The molecule has 8 heteroatoms. The SMILES string of the molecule is CNCC(Nc1ncnc2c(C(=O)O)cc(OC)cc12)c1cccc(Cl)c1. The summed E-state index contributed by atoms with van der Waals surface area (Å²) in [6, 6.07) is 10.6. The third-order valence-corrected chi connectivity index (χ3v) is 4.38. The minimum Gasteiger partial charge on any atom is -0.497 e. The van der Waals surface area contributed by atoms with E-state index in [0.717, 1.165) is 5.56 Å². The van der Waals surface area contributed by atoms with Gasteiger partial charge >= 0.3 is 5.97 Å². The first kappa shape index (κ1) is 18.9. The summed E-state index contributed by atoms with van der Waals surface area (Å²) in [6.07, 6.45) is 1.35. The third-order valence-electron chi connectivity index (χ3n) is 4.15. The molecule has 1 atom stereocenters. The van der Waals surface area contributed by atoms with Gasteiger partial charge in [0.15, 0.2) is 0 Å². The average Bonchev–Trinajstić information content (AvgIpc) is 2.67. The lowest BCUT2D eigenvalue weighted by atomic mass is 10.1. The van der Waals surface area contributed by atoms with E-state index in [9.17, 15) is 9.90 Å². The molecule has 1 aromatic heterocycles. The number of nitrogens with one attached hydrogen (secondary N) is 2. The number of carboxylic acid groups (broad SMARTS) is 1. The lowest BCUT2D eigenvalue weighted by Gasteiger charge is -2.21. The van der Waals surface area contributed by atoms with E-state index in [4.69, 9.17) is 16.3 Å². The Balaban J connectivity index is 2.09. The molecule has 0 aliphatic rings. The van der Waals surface area contributed by atoms with Gasteiger partial charge in [-0.2, -0.15) is 0 Å². The number of carboxylic acids is 1. The molecule has 3 N–H and O–H groups in total. The van der Waals surface area contributed by atoms with Crippen LogP contribution in [0.25, 0.3) is 10.9 Å². The van der Waals surface area contributed by atoms with Crippen LogP contribution >= 0.6 is 11.6 Å². The van der Waals surface area contributed by atoms with Gasteiger partial charge in [-0.25, -0.2) is 14.8 Å². The van der Waals surface area contributed by atoms with E-state index in [1.165, 1.54) is 19.5 Å². The molecule has 27 heavy (non-hydrogen) atoms. The molecule has 3 rings (SSSR count). The molecule has 140 valence electrons. The number of hydrogen-bond donors (Lipinski definition) is 3. The zero-order valence-corrected chi connectivity index (χ0v) is 15.6. The van der Waals surface area contributed by atoms with Gasteiger partial charge in [0.25, 0.3) is 0 Å². The summed E-state index contributed by atoms with van der Waals surface area (Å²) in [4.78, 5) is 20.1. The lowest BCUT2D eigenvalue weighted by molar-refractivity contribution is 0.0698. The predicted octanol–water partition coefficient (Wildman–Crippen LogP) is 3.36. The monoisotopic (exact) mass is 386 g/mol. The fourth-order valence-corrected chi connectivity index (χ4v) is 3.08. The Bertz CT molecular complexity index is 980. The maximum atomic E-state index is 11.6. The Hall–Kier alpha value is -2.90. The van der Waals surface area contributed by atoms with Crippen LogP contribution in [-0.2, 0) is 0 Å². The van der Waals surface area contributed by atoms with Crippen molar-refractivity contribution >= 4 is 34.3 Å². The molecule has 1 unspecified atom stereocenters. The van der Waals surface area contributed by atoms with E-state index in [0.29, 0.717) is 34.0 Å². The molecule has 0 saturated heterocycles. The molecule has 0 bridgehead atoms. The molecule has 3 aromatic rings. The van der Waals surface area contributed by atoms with Gasteiger partial charge in [-0.05, 0) is 36.9 Å². The van der Waals surface area contributed by atoms with Crippen LogP contribution in [0.15, 0.2) is 42.7 Å². The first-order valence-corrected chi connectivity index (χ1v) is 8.64. The number of benzene rings is 2. The number of fused-ring (bicyclic) bond motifs is 1. The summed E-state index contributed by atoms with van der Waals surface area (Å²) in [5.74, 6) is -0.141. The fourth-order valence-electron chi connectivity index (χ4n) is 2.88. The highest BCUT2D eigenvalue weighted by Gasteiger charge is 2.18. The van der Waals surface area contributed by atoms with Gasteiger partial charge in [0, 0.05) is 17.0 Å².